The van der Waals surface area contributed by atoms with Crippen LogP contribution in [0.3, 0.4) is 0 Å². The van der Waals surface area contributed by atoms with E-state index >= 15 is 0 Å². The third-order valence-electron chi connectivity index (χ3n) is 0.664. The molecule has 0 unspecified atom stereocenters. The molecule has 0 aliphatic rings. The van der Waals surface area contributed by atoms with E-state index in [4.69, 9.17) is 0 Å². The fourth-order valence-corrected chi connectivity index (χ4v) is 0.737. The van der Waals surface area contributed by atoms with Crippen LogP contribution < -0.4 is 35.2 Å². The Morgan fingerprint density at radius 3 is 1.13 bits per heavy atom. The van der Waals surface area contributed by atoms with Crippen molar-refractivity contribution >= 4 is 58.3 Å². The Bertz CT molecular complexity index is 131. The van der Waals surface area contributed by atoms with E-state index in [1.54, 1.807) is 0 Å². The van der Waals surface area contributed by atoms with Gasteiger partial charge in [-0.15, -0.1) is 0 Å². The van der Waals surface area contributed by atoms with E-state index < -0.39 is 0 Å². The number of nitrogens with one attached hydrogen (secondary N) is 2. The Kier molecular flexibility index (Phi) is 57.8. The van der Waals surface area contributed by atoms with E-state index in [1.165, 1.54) is 0 Å². The maximum absolute atomic E-state index is 4.59. The average molecular weight is 342 g/mol. The maximum atomic E-state index is 4.59. The summed E-state index contributed by atoms with van der Waals surface area (Å²) in [6.45, 7) is 1.33. The molecule has 0 aliphatic carbocycles. The molecule has 15 heavy (non-hydrogen) atoms. The summed E-state index contributed by atoms with van der Waals surface area (Å²) in [5, 5.41) is 5.56. The van der Waals surface area contributed by atoms with Crippen molar-refractivity contribution in [2.75, 3.05) is 13.1 Å². The van der Waals surface area contributed by atoms with Gasteiger partial charge in [0.2, 0.25) is 0 Å². The summed E-state index contributed by atoms with van der Waals surface area (Å²) in [6, 6.07) is 0. The number of rotatable bonds is 3. The van der Waals surface area contributed by atoms with Crippen LogP contribution in [0, 0.1) is 0 Å². The van der Waals surface area contributed by atoms with Crippen molar-refractivity contribution in [3.05, 3.63) is 0 Å². The fourth-order valence-electron chi connectivity index (χ4n) is 0.329. The quantitative estimate of drug-likeness (QED) is 0.184. The van der Waals surface area contributed by atoms with E-state index in [9.17, 15) is 0 Å². The third kappa shape index (κ3) is 40.2. The number of hydrogen-bond donors (Lipinski definition) is 6. The zero-order valence-corrected chi connectivity index (χ0v) is 12.4. The molecule has 0 fully saturated rings. The molecule has 0 bridgehead atoms. The van der Waals surface area contributed by atoms with Gasteiger partial charge in [-0.1, -0.05) is 8.64 Å². The first-order chi connectivity index (χ1) is 4.63. The smallest absolute Gasteiger partial charge is 0.412 e. The van der Waals surface area contributed by atoms with Gasteiger partial charge in [-0.2, -0.15) is 0 Å². The van der Waals surface area contributed by atoms with E-state index in [2.05, 4.69) is 60.3 Å². The molecule has 0 heterocycles. The van der Waals surface area contributed by atoms with E-state index in [0.29, 0.717) is 21.7 Å². The summed E-state index contributed by atoms with van der Waals surface area (Å²) < 4.78 is 0.745. The molecular weight excluding hydrogens is 324 g/mol. The van der Waals surface area contributed by atoms with E-state index in [0.717, 1.165) is 0 Å². The van der Waals surface area contributed by atoms with E-state index in [1.807, 2.05) is 0 Å². The Hall–Kier alpha value is 0.579. The van der Waals surface area contributed by atoms with Crippen molar-refractivity contribution in [1.29, 1.82) is 0 Å². The predicted molar refractivity (Wildman–Crippen MR) is 76.0 cm³/mol. The predicted octanol–water partition coefficient (Wildman–Crippen LogP) is 0.475. The van der Waals surface area contributed by atoms with Gasteiger partial charge in [0.1, 0.15) is 0 Å². The van der Waals surface area contributed by atoms with Crippen molar-refractivity contribution in [2.45, 2.75) is 0 Å². The van der Waals surface area contributed by atoms with Crippen molar-refractivity contribution in [3.63, 3.8) is 0 Å². The van der Waals surface area contributed by atoms with Crippen LogP contribution in [0.5, 0.6) is 0 Å². The minimum absolute atomic E-state index is 0. The van der Waals surface area contributed by atoms with Gasteiger partial charge in [-0.3, -0.25) is 0 Å². The van der Waals surface area contributed by atoms with Crippen molar-refractivity contribution in [3.8, 4) is 0 Å². The zero-order chi connectivity index (χ0) is 7.98. The van der Waals surface area contributed by atoms with Crippen LogP contribution in [0.25, 0.3) is 0 Å². The fraction of sp³-hybridized carbons (Fsp3) is 0.500. The molecule has 99 valence electrons. The van der Waals surface area contributed by atoms with Crippen molar-refractivity contribution in [1.82, 2.24) is 35.2 Å². The Labute approximate surface area is 123 Å². The molecule has 0 amide bonds. The first-order valence-electron chi connectivity index (χ1n) is 2.52. The molecule has 0 saturated carbocycles. The van der Waals surface area contributed by atoms with Gasteiger partial charge in [0.15, 0.2) is 0 Å². The summed E-state index contributed by atoms with van der Waals surface area (Å²) in [4.78, 5) is 0. The van der Waals surface area contributed by atoms with Gasteiger partial charge in [0.25, 0.3) is 0 Å². The van der Waals surface area contributed by atoms with Crippen LogP contribution in [0.2, 0.25) is 0 Å². The largest absolute Gasteiger partial charge is 2.00 e. The van der Waals surface area contributed by atoms with Gasteiger partial charge in [-0.05, 0) is 0 Å². The summed E-state index contributed by atoms with van der Waals surface area (Å²) in [6.07, 6.45) is 0. The molecular formula is C4H18CuN6S4. The monoisotopic (exact) mass is 341 g/mol. The van der Waals surface area contributed by atoms with Crippen LogP contribution in [-0.2, 0) is 42.3 Å². The third-order valence-corrected chi connectivity index (χ3v) is 1.24. The first kappa shape index (κ1) is 36.1. The van der Waals surface area contributed by atoms with Crippen molar-refractivity contribution in [2.24, 2.45) is 0 Å². The molecule has 0 aromatic rings. The molecule has 6 nitrogen and oxygen atoms in total. The number of thiocarbonyl (C=S) groups is 2. The van der Waals surface area contributed by atoms with Crippen LogP contribution in [0.4, 0.5) is 0 Å². The van der Waals surface area contributed by atoms with Gasteiger partial charge >= 0.3 is 17.1 Å². The Morgan fingerprint density at radius 1 is 0.800 bits per heavy atom. The first-order valence-corrected chi connectivity index (χ1v) is 4.16. The van der Waals surface area contributed by atoms with Gasteiger partial charge < -0.3 is 84.9 Å². The Balaban J connectivity index is -0.0000000405. The molecule has 11 heteroatoms. The minimum Gasteiger partial charge on any atom is -0.412 e. The SMILES string of the molecule is N.N.N.N.S=C([S-])NCCNC(=S)[S-].[Cu+2]. The summed E-state index contributed by atoms with van der Waals surface area (Å²) in [7, 11) is 0. The normalized spacial score (nSPS) is 5.60. The van der Waals surface area contributed by atoms with Crippen LogP contribution in [0.15, 0.2) is 0 Å². The summed E-state index contributed by atoms with van der Waals surface area (Å²) in [5.41, 5.74) is 0. The van der Waals surface area contributed by atoms with E-state index in [-0.39, 0.29) is 41.7 Å². The topological polar surface area (TPSA) is 164 Å². The molecule has 0 saturated heterocycles. The molecule has 1 radical (unpaired) electrons. The second-order valence-corrected chi connectivity index (χ2v) is 3.58. The van der Waals surface area contributed by atoms with Gasteiger partial charge in [-0.25, -0.2) is 0 Å². The molecule has 0 spiro atoms. The second kappa shape index (κ2) is 24.0. The molecule has 0 aromatic carbocycles. The van der Waals surface area contributed by atoms with Crippen LogP contribution in [-0.4, -0.2) is 21.7 Å². The van der Waals surface area contributed by atoms with Gasteiger partial charge in [0, 0.05) is 13.1 Å². The van der Waals surface area contributed by atoms with Crippen molar-refractivity contribution < 1.29 is 17.1 Å². The number of hydrogen-bond acceptors (Lipinski definition) is 8. The molecule has 0 aliphatic heterocycles. The second-order valence-electron chi connectivity index (χ2n) is 1.43. The maximum Gasteiger partial charge on any atom is 2.00 e. The van der Waals surface area contributed by atoms with Gasteiger partial charge in [0.05, 0.1) is 0 Å². The standard InChI is InChI=1S/C4H8N2S4.Cu.4H3N/c7-3(8)5-1-2-6-4(9)10;;;;;/h1-2H2,(H2,5,7,8)(H2,6,9,10);;4*1H3/q;+2;;;;/p-2. The summed E-state index contributed by atoms with van der Waals surface area (Å²) >= 11 is 18.4. The molecule has 0 rings (SSSR count). The molecule has 14 N–H and O–H groups in total. The zero-order valence-electron chi connectivity index (χ0n) is 8.18. The summed E-state index contributed by atoms with van der Waals surface area (Å²) in [5.74, 6) is 0. The minimum atomic E-state index is 0. The molecule has 0 aromatic heterocycles. The van der Waals surface area contributed by atoms with Crippen LogP contribution >= 0.6 is 24.4 Å². The molecule has 0 atom stereocenters. The average Bonchev–Trinajstić information content (AvgIpc) is 1.79. The Morgan fingerprint density at radius 2 is 1.00 bits per heavy atom. The van der Waals surface area contributed by atoms with Crippen LogP contribution in [0.1, 0.15) is 0 Å².